The molecular formula is C11H19NO. The van der Waals surface area contributed by atoms with Crippen molar-refractivity contribution in [3.8, 4) is 0 Å². The molecule has 0 amide bonds. The smallest absolute Gasteiger partial charge is 0.0643 e. The van der Waals surface area contributed by atoms with E-state index in [-0.39, 0.29) is 0 Å². The molecule has 2 nitrogen and oxygen atoms in total. The normalized spacial score (nSPS) is 23.8. The Labute approximate surface area is 80.4 Å². The highest BCUT2D eigenvalue weighted by atomic mass is 16.5. The molecule has 0 aromatic rings. The van der Waals surface area contributed by atoms with Gasteiger partial charge in [-0.05, 0) is 38.6 Å². The molecule has 2 aliphatic rings. The van der Waals surface area contributed by atoms with Crippen molar-refractivity contribution in [1.29, 1.82) is 0 Å². The molecule has 0 spiro atoms. The van der Waals surface area contributed by atoms with Gasteiger partial charge in [-0.25, -0.2) is 0 Å². The predicted octanol–water partition coefficient (Wildman–Crippen LogP) is 1.87. The van der Waals surface area contributed by atoms with Gasteiger partial charge in [-0.2, -0.15) is 0 Å². The first-order chi connectivity index (χ1) is 6.45. The maximum atomic E-state index is 5.10. The zero-order valence-corrected chi connectivity index (χ0v) is 8.22. The van der Waals surface area contributed by atoms with Crippen LogP contribution in [0.3, 0.4) is 0 Å². The average molecular weight is 181 g/mol. The summed E-state index contributed by atoms with van der Waals surface area (Å²) in [5, 5.41) is 3.50. The number of ether oxygens (including phenoxy) is 1. The van der Waals surface area contributed by atoms with Gasteiger partial charge in [-0.15, -0.1) is 0 Å². The van der Waals surface area contributed by atoms with E-state index >= 15 is 0 Å². The van der Waals surface area contributed by atoms with Crippen LogP contribution in [0.25, 0.3) is 0 Å². The third-order valence-electron chi connectivity index (χ3n) is 2.90. The molecule has 0 saturated carbocycles. The molecule has 1 aliphatic carbocycles. The summed E-state index contributed by atoms with van der Waals surface area (Å²) < 4.78 is 5.10. The zero-order chi connectivity index (χ0) is 8.93. The first-order valence-electron chi connectivity index (χ1n) is 5.44. The van der Waals surface area contributed by atoms with E-state index in [1.165, 1.54) is 32.1 Å². The van der Waals surface area contributed by atoms with Crippen LogP contribution < -0.4 is 5.32 Å². The van der Waals surface area contributed by atoms with E-state index in [0.717, 1.165) is 19.8 Å². The molecule has 74 valence electrons. The molecule has 13 heavy (non-hydrogen) atoms. The third-order valence-corrected chi connectivity index (χ3v) is 2.90. The molecule has 0 atom stereocenters. The summed E-state index contributed by atoms with van der Waals surface area (Å²) in [5.41, 5.74) is 1.67. The highest BCUT2D eigenvalue weighted by Crippen LogP contribution is 2.19. The third kappa shape index (κ3) is 2.82. The van der Waals surface area contributed by atoms with E-state index in [0.29, 0.717) is 6.04 Å². The fraction of sp³-hybridized carbons (Fsp3) is 0.818. The van der Waals surface area contributed by atoms with Gasteiger partial charge in [0.25, 0.3) is 0 Å². The highest BCUT2D eigenvalue weighted by molar-refractivity contribution is 5.05. The topological polar surface area (TPSA) is 21.3 Å². The molecule has 1 aliphatic heterocycles. The maximum absolute atomic E-state index is 5.10. The largest absolute Gasteiger partial charge is 0.378 e. The number of allylic oxidation sites excluding steroid dienone is 1. The van der Waals surface area contributed by atoms with Crippen LogP contribution in [-0.2, 0) is 4.74 Å². The van der Waals surface area contributed by atoms with Crippen LogP contribution in [0.15, 0.2) is 11.6 Å². The van der Waals surface area contributed by atoms with E-state index in [4.69, 9.17) is 4.74 Å². The molecular weight excluding hydrogens is 162 g/mol. The van der Waals surface area contributed by atoms with Crippen LogP contribution in [0, 0.1) is 0 Å². The Morgan fingerprint density at radius 3 is 2.92 bits per heavy atom. The monoisotopic (exact) mass is 181 g/mol. The fourth-order valence-electron chi connectivity index (χ4n) is 1.92. The molecule has 1 saturated heterocycles. The Hall–Kier alpha value is -0.340. The second kappa shape index (κ2) is 4.77. The Bertz CT molecular complexity index is 185. The summed E-state index contributed by atoms with van der Waals surface area (Å²) in [5.74, 6) is 0. The quantitative estimate of drug-likeness (QED) is 0.668. The second-order valence-electron chi connectivity index (χ2n) is 4.05. The molecule has 0 radical (unpaired) electrons. The van der Waals surface area contributed by atoms with Crippen LogP contribution in [0.5, 0.6) is 0 Å². The molecule has 1 fully saturated rings. The summed E-state index contributed by atoms with van der Waals surface area (Å²) in [6, 6.07) is 0.643. The summed E-state index contributed by atoms with van der Waals surface area (Å²) in [6.45, 7) is 2.97. The molecule has 0 aromatic heterocycles. The molecule has 2 heteroatoms. The summed E-state index contributed by atoms with van der Waals surface area (Å²) in [7, 11) is 0. The van der Waals surface area contributed by atoms with Crippen LogP contribution in [-0.4, -0.2) is 25.8 Å². The summed E-state index contributed by atoms with van der Waals surface area (Å²) >= 11 is 0. The van der Waals surface area contributed by atoms with Crippen LogP contribution in [0.1, 0.15) is 32.1 Å². The SMILES string of the molecule is C1=C(CCNC2COC2)CCCC1. The zero-order valence-electron chi connectivity index (χ0n) is 8.22. The van der Waals surface area contributed by atoms with E-state index < -0.39 is 0 Å². The van der Waals surface area contributed by atoms with Gasteiger partial charge in [0.1, 0.15) is 0 Å². The van der Waals surface area contributed by atoms with Crippen molar-refractivity contribution < 1.29 is 4.74 Å². The minimum Gasteiger partial charge on any atom is -0.378 e. The first kappa shape index (κ1) is 9.22. The number of hydrogen-bond donors (Lipinski definition) is 1. The van der Waals surface area contributed by atoms with Gasteiger partial charge in [0.05, 0.1) is 19.3 Å². The standard InChI is InChI=1S/C11H19NO/c1-2-4-10(5-3-1)6-7-12-11-8-13-9-11/h4,11-12H,1-3,5-9H2. The van der Waals surface area contributed by atoms with Crippen molar-refractivity contribution in [2.75, 3.05) is 19.8 Å². The van der Waals surface area contributed by atoms with E-state index in [9.17, 15) is 0 Å². The van der Waals surface area contributed by atoms with E-state index in [1.807, 2.05) is 0 Å². The van der Waals surface area contributed by atoms with Crippen LogP contribution in [0.2, 0.25) is 0 Å². The number of nitrogens with one attached hydrogen (secondary N) is 1. The van der Waals surface area contributed by atoms with Crippen molar-refractivity contribution in [2.24, 2.45) is 0 Å². The van der Waals surface area contributed by atoms with Gasteiger partial charge in [0.2, 0.25) is 0 Å². The lowest BCUT2D eigenvalue weighted by molar-refractivity contribution is -0.00469. The second-order valence-corrected chi connectivity index (χ2v) is 4.05. The van der Waals surface area contributed by atoms with Crippen molar-refractivity contribution in [3.63, 3.8) is 0 Å². The maximum Gasteiger partial charge on any atom is 0.0643 e. The van der Waals surface area contributed by atoms with Crippen LogP contribution in [0.4, 0.5) is 0 Å². The summed E-state index contributed by atoms with van der Waals surface area (Å²) in [4.78, 5) is 0. The van der Waals surface area contributed by atoms with Crippen molar-refractivity contribution in [3.05, 3.63) is 11.6 Å². The lowest BCUT2D eigenvalue weighted by Crippen LogP contribution is -2.46. The van der Waals surface area contributed by atoms with Crippen molar-refractivity contribution in [2.45, 2.75) is 38.1 Å². The Morgan fingerprint density at radius 2 is 2.31 bits per heavy atom. The minimum atomic E-state index is 0.643. The molecule has 0 aromatic carbocycles. The van der Waals surface area contributed by atoms with Gasteiger partial charge < -0.3 is 10.1 Å². The van der Waals surface area contributed by atoms with Gasteiger partial charge in [-0.1, -0.05) is 11.6 Å². The predicted molar refractivity (Wildman–Crippen MR) is 53.8 cm³/mol. The van der Waals surface area contributed by atoms with Gasteiger partial charge >= 0.3 is 0 Å². The first-order valence-corrected chi connectivity index (χ1v) is 5.44. The number of rotatable bonds is 4. The molecule has 1 N–H and O–H groups in total. The van der Waals surface area contributed by atoms with Crippen molar-refractivity contribution >= 4 is 0 Å². The molecule has 0 unspecified atom stereocenters. The molecule has 2 rings (SSSR count). The lowest BCUT2D eigenvalue weighted by atomic mass is 9.97. The Balaban J connectivity index is 1.58. The molecule has 0 bridgehead atoms. The number of hydrogen-bond acceptors (Lipinski definition) is 2. The van der Waals surface area contributed by atoms with Gasteiger partial charge in [0, 0.05) is 0 Å². The minimum absolute atomic E-state index is 0.643. The van der Waals surface area contributed by atoms with Crippen molar-refractivity contribution in [1.82, 2.24) is 5.32 Å². The average Bonchev–Trinajstić information content (AvgIpc) is 2.11. The van der Waals surface area contributed by atoms with Gasteiger partial charge in [-0.3, -0.25) is 0 Å². The summed E-state index contributed by atoms with van der Waals surface area (Å²) in [6.07, 6.45) is 9.12. The Kier molecular flexibility index (Phi) is 3.39. The Morgan fingerprint density at radius 1 is 1.38 bits per heavy atom. The van der Waals surface area contributed by atoms with E-state index in [2.05, 4.69) is 11.4 Å². The fourth-order valence-corrected chi connectivity index (χ4v) is 1.92. The highest BCUT2D eigenvalue weighted by Gasteiger charge is 2.16. The molecule has 1 heterocycles. The van der Waals surface area contributed by atoms with Crippen LogP contribution >= 0.6 is 0 Å². The van der Waals surface area contributed by atoms with E-state index in [1.54, 1.807) is 5.57 Å². The van der Waals surface area contributed by atoms with Gasteiger partial charge in [0.15, 0.2) is 0 Å². The lowest BCUT2D eigenvalue weighted by Gasteiger charge is -2.27.